The lowest BCUT2D eigenvalue weighted by Gasteiger charge is -2.31. The molecule has 1 aromatic carbocycles. The highest BCUT2D eigenvalue weighted by molar-refractivity contribution is 7.88. The van der Waals surface area contributed by atoms with Gasteiger partial charge in [0.2, 0.25) is 10.0 Å². The summed E-state index contributed by atoms with van der Waals surface area (Å²) in [6.07, 6.45) is 0. The van der Waals surface area contributed by atoms with Crippen LogP contribution in [0, 0.1) is 0 Å². The van der Waals surface area contributed by atoms with Crippen molar-refractivity contribution in [3.05, 3.63) is 42.2 Å². The van der Waals surface area contributed by atoms with Crippen LogP contribution in [-0.4, -0.2) is 43.7 Å². The van der Waals surface area contributed by atoms with Crippen LogP contribution >= 0.6 is 0 Å². The highest BCUT2D eigenvalue weighted by Crippen LogP contribution is 2.22. The lowest BCUT2D eigenvalue weighted by Crippen LogP contribution is -2.47. The normalized spacial score (nSPS) is 20.1. The number of rotatable bonds is 4. The molecule has 1 atom stereocenters. The minimum Gasteiger partial charge on any atom is -0.378 e. The second-order valence-corrected chi connectivity index (χ2v) is 7.26. The van der Waals surface area contributed by atoms with E-state index in [1.807, 2.05) is 37.3 Å². The van der Waals surface area contributed by atoms with Crippen molar-refractivity contribution < 1.29 is 17.7 Å². The molecule has 0 N–H and O–H groups in total. The van der Waals surface area contributed by atoms with Crippen molar-refractivity contribution in [2.24, 2.45) is 0 Å². The fourth-order valence-electron chi connectivity index (χ4n) is 2.51. The number of hydrogen-bond acceptors (Lipinski definition) is 5. The second kappa shape index (κ2) is 6.20. The molecular weight excluding hydrogens is 304 g/mol. The number of aromatic nitrogens is 1. The third-order valence-corrected chi connectivity index (χ3v) is 5.52. The van der Waals surface area contributed by atoms with Crippen molar-refractivity contribution in [3.63, 3.8) is 0 Å². The van der Waals surface area contributed by atoms with Crippen LogP contribution in [0.25, 0.3) is 11.3 Å². The quantitative estimate of drug-likeness (QED) is 0.859. The van der Waals surface area contributed by atoms with Crippen LogP contribution in [0.15, 0.2) is 40.9 Å². The highest BCUT2D eigenvalue weighted by Gasteiger charge is 2.31. The molecule has 0 radical (unpaired) electrons. The molecule has 1 aliphatic rings. The molecule has 0 spiro atoms. The van der Waals surface area contributed by atoms with Crippen LogP contribution < -0.4 is 0 Å². The number of nitrogens with zero attached hydrogens (tertiary/aromatic N) is 2. The van der Waals surface area contributed by atoms with E-state index in [9.17, 15) is 8.42 Å². The van der Waals surface area contributed by atoms with Gasteiger partial charge in [-0.15, -0.1) is 0 Å². The summed E-state index contributed by atoms with van der Waals surface area (Å²) >= 11 is 0. The summed E-state index contributed by atoms with van der Waals surface area (Å²) in [6.45, 7) is 3.07. The highest BCUT2D eigenvalue weighted by atomic mass is 32.2. The standard InChI is InChI=1S/C15H18N2O4S/c1-12-10-20-8-7-17(12)22(18,19)11-14-9-15(16-21-14)13-5-3-2-4-6-13/h2-6,9,12H,7-8,10-11H2,1H3/t12-/m1/s1. The van der Waals surface area contributed by atoms with E-state index in [-0.39, 0.29) is 11.8 Å². The fourth-order valence-corrected chi connectivity index (χ4v) is 4.14. The Hall–Kier alpha value is -1.70. The van der Waals surface area contributed by atoms with Crippen LogP contribution in [0.4, 0.5) is 0 Å². The average Bonchev–Trinajstić information content (AvgIpc) is 2.96. The van der Waals surface area contributed by atoms with Crippen molar-refractivity contribution in [3.8, 4) is 11.3 Å². The molecule has 22 heavy (non-hydrogen) atoms. The average molecular weight is 322 g/mol. The van der Waals surface area contributed by atoms with Crippen molar-refractivity contribution in [1.82, 2.24) is 9.46 Å². The predicted molar refractivity (Wildman–Crippen MR) is 81.5 cm³/mol. The first-order valence-corrected chi connectivity index (χ1v) is 8.75. The zero-order chi connectivity index (χ0) is 15.6. The van der Waals surface area contributed by atoms with Gasteiger partial charge in [0.1, 0.15) is 11.4 Å². The third kappa shape index (κ3) is 3.21. The molecular formula is C15H18N2O4S. The van der Waals surface area contributed by atoms with Gasteiger partial charge in [-0.05, 0) is 6.92 Å². The smallest absolute Gasteiger partial charge is 0.221 e. The fraction of sp³-hybridized carbons (Fsp3) is 0.400. The number of ether oxygens (including phenoxy) is 1. The van der Waals surface area contributed by atoms with Crippen molar-refractivity contribution in [2.75, 3.05) is 19.8 Å². The maximum absolute atomic E-state index is 12.5. The first-order valence-electron chi connectivity index (χ1n) is 7.14. The third-order valence-electron chi connectivity index (χ3n) is 3.62. The van der Waals surface area contributed by atoms with E-state index < -0.39 is 10.0 Å². The summed E-state index contributed by atoms with van der Waals surface area (Å²) in [5.74, 6) is 0.162. The van der Waals surface area contributed by atoms with E-state index in [0.717, 1.165) is 5.56 Å². The Morgan fingerprint density at radius 3 is 2.82 bits per heavy atom. The summed E-state index contributed by atoms with van der Waals surface area (Å²) in [4.78, 5) is 0. The maximum atomic E-state index is 12.5. The van der Waals surface area contributed by atoms with Crippen molar-refractivity contribution >= 4 is 10.0 Å². The molecule has 0 amide bonds. The van der Waals surface area contributed by atoms with E-state index in [2.05, 4.69) is 5.16 Å². The molecule has 6 nitrogen and oxygen atoms in total. The molecule has 2 heterocycles. The predicted octanol–water partition coefficient (Wildman–Crippen LogP) is 1.89. The molecule has 118 valence electrons. The Labute approximate surface area is 129 Å². The van der Waals surface area contributed by atoms with Crippen molar-refractivity contribution in [2.45, 2.75) is 18.7 Å². The van der Waals surface area contributed by atoms with Gasteiger partial charge in [0.15, 0.2) is 5.76 Å². The van der Waals surface area contributed by atoms with Crippen LogP contribution in [0.2, 0.25) is 0 Å². The zero-order valence-electron chi connectivity index (χ0n) is 12.3. The van der Waals surface area contributed by atoms with Gasteiger partial charge in [-0.25, -0.2) is 8.42 Å². The molecule has 0 saturated carbocycles. The monoisotopic (exact) mass is 322 g/mol. The lowest BCUT2D eigenvalue weighted by molar-refractivity contribution is 0.0391. The summed E-state index contributed by atoms with van der Waals surface area (Å²) in [5.41, 5.74) is 1.54. The Kier molecular flexibility index (Phi) is 4.28. The zero-order valence-corrected chi connectivity index (χ0v) is 13.1. The number of sulfonamides is 1. The van der Waals surface area contributed by atoms with Gasteiger partial charge in [-0.2, -0.15) is 4.31 Å². The Morgan fingerprint density at radius 2 is 2.09 bits per heavy atom. The number of hydrogen-bond donors (Lipinski definition) is 0. The Morgan fingerprint density at radius 1 is 1.32 bits per heavy atom. The van der Waals surface area contributed by atoms with E-state index in [1.54, 1.807) is 6.07 Å². The largest absolute Gasteiger partial charge is 0.378 e. The SMILES string of the molecule is C[C@@H]1COCCN1S(=O)(=O)Cc1cc(-c2ccccc2)no1. The summed E-state index contributed by atoms with van der Waals surface area (Å²) in [6, 6.07) is 11.0. The molecule has 2 aromatic rings. The molecule has 1 aromatic heterocycles. The van der Waals surface area contributed by atoms with Crippen LogP contribution in [0.5, 0.6) is 0 Å². The van der Waals surface area contributed by atoms with Gasteiger partial charge in [-0.1, -0.05) is 35.5 Å². The molecule has 7 heteroatoms. The Bertz CT molecular complexity index is 727. The number of morpholine rings is 1. The van der Waals surface area contributed by atoms with Gasteiger partial charge in [-0.3, -0.25) is 0 Å². The lowest BCUT2D eigenvalue weighted by atomic mass is 10.1. The number of benzene rings is 1. The first-order chi connectivity index (χ1) is 10.6. The summed E-state index contributed by atoms with van der Waals surface area (Å²) in [7, 11) is -3.43. The summed E-state index contributed by atoms with van der Waals surface area (Å²) in [5, 5.41) is 3.95. The van der Waals surface area contributed by atoms with Gasteiger partial charge < -0.3 is 9.26 Å². The molecule has 0 bridgehead atoms. The van der Waals surface area contributed by atoms with Gasteiger partial charge in [0, 0.05) is 24.2 Å². The molecule has 1 saturated heterocycles. The van der Waals surface area contributed by atoms with Gasteiger partial charge in [0.05, 0.1) is 13.2 Å². The van der Waals surface area contributed by atoms with Gasteiger partial charge in [0.25, 0.3) is 0 Å². The minimum absolute atomic E-state index is 0.157. The van der Waals surface area contributed by atoms with E-state index in [1.165, 1.54) is 4.31 Å². The van der Waals surface area contributed by atoms with E-state index in [4.69, 9.17) is 9.26 Å². The molecule has 3 rings (SSSR count). The van der Waals surface area contributed by atoms with E-state index in [0.29, 0.717) is 31.2 Å². The Balaban J connectivity index is 1.77. The van der Waals surface area contributed by atoms with E-state index >= 15 is 0 Å². The molecule has 1 fully saturated rings. The topological polar surface area (TPSA) is 72.6 Å². The minimum atomic E-state index is -3.43. The van der Waals surface area contributed by atoms with Crippen LogP contribution in [0.3, 0.4) is 0 Å². The first kappa shape index (κ1) is 15.2. The molecule has 0 unspecified atom stereocenters. The van der Waals surface area contributed by atoms with Crippen LogP contribution in [0.1, 0.15) is 12.7 Å². The summed E-state index contributed by atoms with van der Waals surface area (Å²) < 4.78 is 36.9. The van der Waals surface area contributed by atoms with Gasteiger partial charge >= 0.3 is 0 Å². The maximum Gasteiger partial charge on any atom is 0.221 e. The molecule has 1 aliphatic heterocycles. The molecule has 0 aliphatic carbocycles. The van der Waals surface area contributed by atoms with Crippen molar-refractivity contribution in [1.29, 1.82) is 0 Å². The van der Waals surface area contributed by atoms with Crippen LogP contribution in [-0.2, 0) is 20.5 Å². The second-order valence-electron chi connectivity index (χ2n) is 5.34.